The second-order valence-electron chi connectivity index (χ2n) is 4.28. The first-order valence-corrected chi connectivity index (χ1v) is 7.49. The second kappa shape index (κ2) is 8.43. The van der Waals surface area contributed by atoms with Crippen LogP contribution < -0.4 is 5.32 Å². The van der Waals surface area contributed by atoms with Gasteiger partial charge in [0.25, 0.3) is 0 Å². The fourth-order valence-corrected chi connectivity index (χ4v) is 2.83. The number of hydrogen-bond acceptors (Lipinski definition) is 3. The first-order valence-electron chi connectivity index (χ1n) is 6.20. The van der Waals surface area contributed by atoms with E-state index in [0.29, 0.717) is 0 Å². The summed E-state index contributed by atoms with van der Waals surface area (Å²) in [5.74, 6) is 0. The molecule has 0 unspecified atom stereocenters. The Hall–Kier alpha value is 0.270. The maximum atomic E-state index is 5.45. The standard InChI is InChI=1S/C12H25NOS/c1-3-9-14-10-8-13-11-4-6-12(15-2)7-5-11/h11-13H,3-10H2,1-2H3. The van der Waals surface area contributed by atoms with Crippen molar-refractivity contribution in [1.82, 2.24) is 5.32 Å². The highest BCUT2D eigenvalue weighted by Crippen LogP contribution is 2.26. The zero-order valence-electron chi connectivity index (χ0n) is 10.1. The van der Waals surface area contributed by atoms with E-state index < -0.39 is 0 Å². The van der Waals surface area contributed by atoms with Gasteiger partial charge in [-0.2, -0.15) is 11.8 Å². The van der Waals surface area contributed by atoms with E-state index in [0.717, 1.165) is 37.5 Å². The van der Waals surface area contributed by atoms with Gasteiger partial charge in [-0.3, -0.25) is 0 Å². The molecule has 1 saturated carbocycles. The van der Waals surface area contributed by atoms with Crippen molar-refractivity contribution in [2.24, 2.45) is 0 Å². The Balaban J connectivity index is 1.94. The summed E-state index contributed by atoms with van der Waals surface area (Å²) in [6.07, 6.45) is 8.82. The van der Waals surface area contributed by atoms with Gasteiger partial charge in [-0.25, -0.2) is 0 Å². The van der Waals surface area contributed by atoms with Gasteiger partial charge in [0.2, 0.25) is 0 Å². The molecule has 1 rings (SSSR count). The first kappa shape index (κ1) is 13.3. The monoisotopic (exact) mass is 231 g/mol. The van der Waals surface area contributed by atoms with E-state index in [9.17, 15) is 0 Å². The highest BCUT2D eigenvalue weighted by atomic mass is 32.2. The van der Waals surface area contributed by atoms with Crippen molar-refractivity contribution < 1.29 is 4.74 Å². The van der Waals surface area contributed by atoms with Crippen LogP contribution in [0, 0.1) is 0 Å². The van der Waals surface area contributed by atoms with Crippen molar-refractivity contribution in [2.45, 2.75) is 50.3 Å². The fourth-order valence-electron chi connectivity index (χ4n) is 2.08. The van der Waals surface area contributed by atoms with Crippen LogP contribution in [0.1, 0.15) is 39.0 Å². The smallest absolute Gasteiger partial charge is 0.0590 e. The summed E-state index contributed by atoms with van der Waals surface area (Å²) in [6, 6.07) is 0.749. The van der Waals surface area contributed by atoms with Gasteiger partial charge in [0.05, 0.1) is 6.61 Å². The topological polar surface area (TPSA) is 21.3 Å². The van der Waals surface area contributed by atoms with Gasteiger partial charge >= 0.3 is 0 Å². The Bertz CT molecular complexity index is 147. The van der Waals surface area contributed by atoms with E-state index in [1.54, 1.807) is 0 Å². The number of hydrogen-bond donors (Lipinski definition) is 1. The van der Waals surface area contributed by atoms with Gasteiger partial charge in [0.1, 0.15) is 0 Å². The third kappa shape index (κ3) is 5.79. The van der Waals surface area contributed by atoms with Crippen molar-refractivity contribution in [2.75, 3.05) is 26.0 Å². The molecule has 90 valence electrons. The molecule has 1 aliphatic carbocycles. The summed E-state index contributed by atoms with van der Waals surface area (Å²) >= 11 is 2.03. The van der Waals surface area contributed by atoms with Crippen LogP contribution in [0.5, 0.6) is 0 Å². The zero-order valence-corrected chi connectivity index (χ0v) is 10.9. The van der Waals surface area contributed by atoms with Crippen molar-refractivity contribution in [3.8, 4) is 0 Å². The van der Waals surface area contributed by atoms with Gasteiger partial charge in [0, 0.05) is 24.4 Å². The molecule has 0 atom stereocenters. The van der Waals surface area contributed by atoms with Crippen molar-refractivity contribution in [3.05, 3.63) is 0 Å². The summed E-state index contributed by atoms with van der Waals surface area (Å²) in [6.45, 7) is 4.95. The molecule has 0 spiro atoms. The van der Waals surface area contributed by atoms with Crippen LogP contribution in [-0.2, 0) is 4.74 Å². The van der Waals surface area contributed by atoms with Crippen LogP contribution in [0.15, 0.2) is 0 Å². The van der Waals surface area contributed by atoms with Gasteiger partial charge in [-0.1, -0.05) is 6.92 Å². The van der Waals surface area contributed by atoms with E-state index in [4.69, 9.17) is 4.74 Å². The van der Waals surface area contributed by atoms with Gasteiger partial charge in [-0.15, -0.1) is 0 Å². The quantitative estimate of drug-likeness (QED) is 0.681. The molecule has 0 radical (unpaired) electrons. The minimum Gasteiger partial charge on any atom is -0.380 e. The molecule has 1 fully saturated rings. The van der Waals surface area contributed by atoms with Gasteiger partial charge in [0.15, 0.2) is 0 Å². The molecule has 15 heavy (non-hydrogen) atoms. The van der Waals surface area contributed by atoms with E-state index in [-0.39, 0.29) is 0 Å². The van der Waals surface area contributed by atoms with Crippen LogP contribution in [-0.4, -0.2) is 37.3 Å². The molecule has 1 N–H and O–H groups in total. The third-order valence-corrected chi connectivity index (χ3v) is 4.17. The maximum Gasteiger partial charge on any atom is 0.0590 e. The highest BCUT2D eigenvalue weighted by Gasteiger charge is 2.19. The summed E-state index contributed by atoms with van der Waals surface area (Å²) in [7, 11) is 0. The molecule has 0 heterocycles. The van der Waals surface area contributed by atoms with Crippen LogP contribution >= 0.6 is 11.8 Å². The minimum absolute atomic E-state index is 0.749. The molecule has 3 heteroatoms. The largest absolute Gasteiger partial charge is 0.380 e. The van der Waals surface area contributed by atoms with E-state index in [1.807, 2.05) is 11.8 Å². The Morgan fingerprint density at radius 2 is 1.93 bits per heavy atom. The molecular weight excluding hydrogens is 206 g/mol. The van der Waals surface area contributed by atoms with Crippen LogP contribution in [0.2, 0.25) is 0 Å². The Morgan fingerprint density at radius 1 is 1.20 bits per heavy atom. The average molecular weight is 231 g/mol. The minimum atomic E-state index is 0.749. The van der Waals surface area contributed by atoms with Crippen LogP contribution in [0.3, 0.4) is 0 Å². The second-order valence-corrected chi connectivity index (χ2v) is 5.41. The molecule has 0 aliphatic heterocycles. The summed E-state index contributed by atoms with van der Waals surface area (Å²) < 4.78 is 5.45. The molecule has 0 saturated heterocycles. The Morgan fingerprint density at radius 3 is 2.53 bits per heavy atom. The summed E-state index contributed by atoms with van der Waals surface area (Å²) in [4.78, 5) is 0. The van der Waals surface area contributed by atoms with E-state index in [1.165, 1.54) is 25.7 Å². The lowest BCUT2D eigenvalue weighted by molar-refractivity contribution is 0.133. The lowest BCUT2D eigenvalue weighted by Crippen LogP contribution is -2.35. The van der Waals surface area contributed by atoms with Crippen molar-refractivity contribution >= 4 is 11.8 Å². The van der Waals surface area contributed by atoms with Crippen molar-refractivity contribution in [1.29, 1.82) is 0 Å². The normalized spacial score (nSPS) is 26.8. The van der Waals surface area contributed by atoms with E-state index >= 15 is 0 Å². The Kier molecular flexibility index (Phi) is 7.49. The number of ether oxygens (including phenoxy) is 1. The van der Waals surface area contributed by atoms with Gasteiger partial charge in [-0.05, 0) is 38.4 Å². The lowest BCUT2D eigenvalue weighted by atomic mass is 9.95. The maximum absolute atomic E-state index is 5.45. The fraction of sp³-hybridized carbons (Fsp3) is 1.00. The number of nitrogens with one attached hydrogen (secondary N) is 1. The number of rotatable bonds is 7. The van der Waals surface area contributed by atoms with Crippen LogP contribution in [0.4, 0.5) is 0 Å². The van der Waals surface area contributed by atoms with Crippen molar-refractivity contribution in [3.63, 3.8) is 0 Å². The zero-order chi connectivity index (χ0) is 10.9. The molecule has 0 aromatic rings. The summed E-state index contributed by atoms with van der Waals surface area (Å²) in [5.41, 5.74) is 0. The average Bonchev–Trinajstić information content (AvgIpc) is 2.30. The summed E-state index contributed by atoms with van der Waals surface area (Å²) in [5, 5.41) is 4.51. The molecule has 0 bridgehead atoms. The highest BCUT2D eigenvalue weighted by molar-refractivity contribution is 7.99. The predicted molar refractivity (Wildman–Crippen MR) is 68.7 cm³/mol. The third-order valence-electron chi connectivity index (χ3n) is 3.04. The molecule has 0 amide bonds. The molecule has 2 nitrogen and oxygen atoms in total. The van der Waals surface area contributed by atoms with E-state index in [2.05, 4.69) is 18.5 Å². The molecular formula is C12H25NOS. The Labute approximate surface area is 98.5 Å². The number of thioether (sulfide) groups is 1. The molecule has 1 aliphatic rings. The molecule has 0 aromatic carbocycles. The SMILES string of the molecule is CCCOCCNC1CCC(SC)CC1. The van der Waals surface area contributed by atoms with Gasteiger partial charge < -0.3 is 10.1 Å². The lowest BCUT2D eigenvalue weighted by Gasteiger charge is -2.28. The van der Waals surface area contributed by atoms with Crippen LogP contribution in [0.25, 0.3) is 0 Å². The first-order chi connectivity index (χ1) is 7.36. The predicted octanol–water partition coefficient (Wildman–Crippen LogP) is 2.68. The molecule has 0 aromatic heterocycles.